The van der Waals surface area contributed by atoms with Crippen LogP contribution in [0.2, 0.25) is 0 Å². The topological polar surface area (TPSA) is 72.0 Å². The van der Waals surface area contributed by atoms with Crippen LogP contribution in [0.25, 0.3) is 10.2 Å². The summed E-state index contributed by atoms with van der Waals surface area (Å²) < 4.78 is 23.3. The molecule has 1 N–H and O–H groups in total. The second-order valence-electron chi connectivity index (χ2n) is 6.21. The van der Waals surface area contributed by atoms with Gasteiger partial charge in [-0.3, -0.25) is 0 Å². The van der Waals surface area contributed by atoms with Crippen LogP contribution in [0.5, 0.6) is 0 Å². The summed E-state index contributed by atoms with van der Waals surface area (Å²) in [5.41, 5.74) is 1.39. The molecule has 118 valence electrons. The minimum Gasteiger partial charge on any atom is -0.366 e. The molecule has 0 aromatic carbocycles. The fourth-order valence-corrected chi connectivity index (χ4v) is 6.38. The van der Waals surface area contributed by atoms with Gasteiger partial charge in [0.25, 0.3) is 0 Å². The normalized spacial score (nSPS) is 24.1. The lowest BCUT2D eigenvalue weighted by molar-refractivity contribution is 0.602. The molecule has 1 atom stereocenters. The van der Waals surface area contributed by atoms with E-state index in [1.807, 2.05) is 0 Å². The molecule has 0 unspecified atom stereocenters. The third-order valence-corrected chi connectivity index (χ3v) is 7.54. The highest BCUT2D eigenvalue weighted by molar-refractivity contribution is 7.91. The predicted molar refractivity (Wildman–Crippen MR) is 89.4 cm³/mol. The molecule has 0 radical (unpaired) electrons. The van der Waals surface area contributed by atoms with E-state index in [2.05, 4.69) is 15.3 Å². The smallest absolute Gasteiger partial charge is 0.152 e. The van der Waals surface area contributed by atoms with Crippen LogP contribution in [0, 0.1) is 0 Å². The van der Waals surface area contributed by atoms with E-state index in [4.69, 9.17) is 0 Å². The monoisotopic (exact) mass is 337 g/mol. The summed E-state index contributed by atoms with van der Waals surface area (Å²) in [5, 5.41) is 4.51. The number of fused-ring (bicyclic) bond motifs is 3. The van der Waals surface area contributed by atoms with Gasteiger partial charge in [0.1, 0.15) is 17.0 Å². The Balaban J connectivity index is 1.73. The first kappa shape index (κ1) is 14.4. The van der Waals surface area contributed by atoms with Crippen molar-refractivity contribution in [1.29, 1.82) is 0 Å². The van der Waals surface area contributed by atoms with Crippen LogP contribution in [0.1, 0.15) is 36.1 Å². The maximum Gasteiger partial charge on any atom is 0.152 e. The van der Waals surface area contributed by atoms with Gasteiger partial charge in [-0.15, -0.1) is 11.3 Å². The number of hydrogen-bond donors (Lipinski definition) is 1. The number of hydrogen-bond acceptors (Lipinski definition) is 6. The van der Waals surface area contributed by atoms with Crippen LogP contribution in [0.15, 0.2) is 6.33 Å². The van der Waals surface area contributed by atoms with Crippen LogP contribution in [0.4, 0.5) is 5.82 Å². The third-order valence-electron chi connectivity index (χ3n) is 4.57. The molecular weight excluding hydrogens is 318 g/mol. The van der Waals surface area contributed by atoms with Crippen molar-refractivity contribution in [2.75, 3.05) is 16.8 Å². The second-order valence-corrected chi connectivity index (χ2v) is 9.52. The first-order valence-electron chi connectivity index (χ1n) is 7.84. The van der Waals surface area contributed by atoms with Crippen LogP contribution < -0.4 is 5.32 Å². The number of thiophene rings is 1. The summed E-state index contributed by atoms with van der Waals surface area (Å²) in [7, 11) is -2.88. The van der Waals surface area contributed by atoms with Gasteiger partial charge in [-0.2, -0.15) is 0 Å². The maximum atomic E-state index is 11.7. The molecule has 2 aromatic heterocycles. The number of sulfone groups is 1. The summed E-state index contributed by atoms with van der Waals surface area (Å²) in [6, 6.07) is -0.0237. The van der Waals surface area contributed by atoms with Gasteiger partial charge in [0.05, 0.1) is 16.9 Å². The lowest BCUT2D eigenvalue weighted by Crippen LogP contribution is -2.21. The van der Waals surface area contributed by atoms with Crippen LogP contribution >= 0.6 is 11.3 Å². The van der Waals surface area contributed by atoms with Crippen LogP contribution in [-0.2, 0) is 22.7 Å². The van der Waals surface area contributed by atoms with Gasteiger partial charge >= 0.3 is 0 Å². The van der Waals surface area contributed by atoms with E-state index >= 15 is 0 Å². The quantitative estimate of drug-likeness (QED) is 0.853. The standard InChI is InChI=1S/C15H19N3O2S2/c19-22(20)7-6-10(8-22)18-14-13-11-4-2-1-3-5-12(11)21-15(13)17-9-16-14/h9-10H,1-8H2,(H,16,17,18)/t10-/m0/s1. The molecule has 5 nitrogen and oxygen atoms in total. The van der Waals surface area contributed by atoms with Gasteiger partial charge in [0.15, 0.2) is 9.84 Å². The first-order valence-corrected chi connectivity index (χ1v) is 10.5. The van der Waals surface area contributed by atoms with E-state index in [0.29, 0.717) is 6.42 Å². The van der Waals surface area contributed by atoms with Crippen molar-refractivity contribution in [3.8, 4) is 0 Å². The lowest BCUT2D eigenvalue weighted by atomic mass is 10.1. The van der Waals surface area contributed by atoms with Crippen molar-refractivity contribution in [2.24, 2.45) is 0 Å². The summed E-state index contributed by atoms with van der Waals surface area (Å²) in [4.78, 5) is 11.3. The number of nitrogens with one attached hydrogen (secondary N) is 1. The van der Waals surface area contributed by atoms with Gasteiger partial charge in [0.2, 0.25) is 0 Å². The predicted octanol–water partition coefficient (Wildman–Crippen LogP) is 2.56. The molecule has 0 amide bonds. The number of rotatable bonds is 2. The Hall–Kier alpha value is -1.21. The van der Waals surface area contributed by atoms with Crippen molar-refractivity contribution in [3.05, 3.63) is 16.8 Å². The van der Waals surface area contributed by atoms with E-state index in [1.165, 1.54) is 29.7 Å². The molecule has 7 heteroatoms. The van der Waals surface area contributed by atoms with Gasteiger partial charge < -0.3 is 5.32 Å². The molecule has 3 heterocycles. The Kier molecular flexibility index (Phi) is 3.57. The van der Waals surface area contributed by atoms with E-state index in [9.17, 15) is 8.42 Å². The highest BCUT2D eigenvalue weighted by atomic mass is 32.2. The number of anilines is 1. The van der Waals surface area contributed by atoms with Gasteiger partial charge in [0, 0.05) is 10.9 Å². The third kappa shape index (κ3) is 2.60. The van der Waals surface area contributed by atoms with Crippen LogP contribution in [-0.4, -0.2) is 35.9 Å². The number of aryl methyl sites for hydroxylation is 2. The summed E-state index contributed by atoms with van der Waals surface area (Å²) in [5.74, 6) is 1.32. The molecular formula is C15H19N3O2S2. The Bertz CT molecular complexity index is 814. The zero-order chi connectivity index (χ0) is 15.2. The lowest BCUT2D eigenvalue weighted by Gasteiger charge is -2.13. The largest absolute Gasteiger partial charge is 0.366 e. The SMILES string of the molecule is O=S1(=O)CC[C@H](Nc2ncnc3sc4c(c23)CCCCC4)C1. The van der Waals surface area contributed by atoms with Gasteiger partial charge in [-0.05, 0) is 37.7 Å². The molecule has 1 saturated heterocycles. The van der Waals surface area contributed by atoms with Crippen molar-refractivity contribution >= 4 is 37.2 Å². The van der Waals surface area contributed by atoms with Crippen molar-refractivity contribution < 1.29 is 8.42 Å². The number of nitrogens with zero attached hydrogens (tertiary/aromatic N) is 2. The zero-order valence-corrected chi connectivity index (χ0v) is 14.0. The molecule has 22 heavy (non-hydrogen) atoms. The average molecular weight is 337 g/mol. The van der Waals surface area contributed by atoms with E-state index in [0.717, 1.165) is 28.9 Å². The van der Waals surface area contributed by atoms with Crippen molar-refractivity contribution in [1.82, 2.24) is 9.97 Å². The van der Waals surface area contributed by atoms with E-state index in [1.54, 1.807) is 17.7 Å². The Morgan fingerprint density at radius 2 is 2.05 bits per heavy atom. The van der Waals surface area contributed by atoms with E-state index < -0.39 is 9.84 Å². The zero-order valence-electron chi connectivity index (χ0n) is 12.3. The maximum absolute atomic E-state index is 11.7. The van der Waals surface area contributed by atoms with Gasteiger partial charge in [-0.1, -0.05) is 6.42 Å². The Labute approximate surface area is 134 Å². The Morgan fingerprint density at radius 1 is 1.18 bits per heavy atom. The molecule has 2 aliphatic rings. The fraction of sp³-hybridized carbons (Fsp3) is 0.600. The average Bonchev–Trinajstić information content (AvgIpc) is 2.91. The molecule has 1 aliphatic heterocycles. The molecule has 1 fully saturated rings. The van der Waals surface area contributed by atoms with Gasteiger partial charge in [-0.25, -0.2) is 18.4 Å². The highest BCUT2D eigenvalue weighted by Crippen LogP contribution is 2.37. The molecule has 4 rings (SSSR count). The summed E-state index contributed by atoms with van der Waals surface area (Å²) in [6.45, 7) is 0. The summed E-state index contributed by atoms with van der Waals surface area (Å²) >= 11 is 1.78. The van der Waals surface area contributed by atoms with Crippen molar-refractivity contribution in [3.63, 3.8) is 0 Å². The van der Waals surface area contributed by atoms with Crippen molar-refractivity contribution in [2.45, 2.75) is 44.6 Å². The summed E-state index contributed by atoms with van der Waals surface area (Å²) in [6.07, 6.45) is 8.21. The minimum absolute atomic E-state index is 0.0237. The molecule has 0 saturated carbocycles. The highest BCUT2D eigenvalue weighted by Gasteiger charge is 2.29. The molecule has 2 aromatic rings. The fourth-order valence-electron chi connectivity index (χ4n) is 3.48. The number of aromatic nitrogens is 2. The second kappa shape index (κ2) is 5.45. The van der Waals surface area contributed by atoms with E-state index in [-0.39, 0.29) is 17.5 Å². The minimum atomic E-state index is -2.88. The molecule has 0 bridgehead atoms. The first-order chi connectivity index (χ1) is 10.6. The molecule has 1 aliphatic carbocycles. The Morgan fingerprint density at radius 3 is 2.86 bits per heavy atom. The molecule has 0 spiro atoms. The van der Waals surface area contributed by atoms with Crippen LogP contribution in [0.3, 0.4) is 0 Å².